The molecular formula is C19H26N4O6. The summed E-state index contributed by atoms with van der Waals surface area (Å²) in [6, 6.07) is 9.16. The molecule has 1 amide bonds. The molecular weight excluding hydrogens is 380 g/mol. The topological polar surface area (TPSA) is 129 Å². The summed E-state index contributed by atoms with van der Waals surface area (Å²) >= 11 is 0. The highest BCUT2D eigenvalue weighted by molar-refractivity contribution is 5.96. The van der Waals surface area contributed by atoms with Crippen molar-refractivity contribution >= 4 is 17.4 Å². The van der Waals surface area contributed by atoms with Gasteiger partial charge in [-0.25, -0.2) is 4.79 Å². The quantitative estimate of drug-likeness (QED) is 0.495. The zero-order chi connectivity index (χ0) is 21.2. The van der Waals surface area contributed by atoms with Crippen LogP contribution in [0.3, 0.4) is 0 Å². The Hall–Kier alpha value is -2.95. The van der Waals surface area contributed by atoms with E-state index in [0.717, 1.165) is 5.56 Å². The number of hydrogen-bond acceptors (Lipinski definition) is 7. The number of nitrogen functional groups attached to an aromatic ring is 1. The van der Waals surface area contributed by atoms with Gasteiger partial charge in [-0.05, 0) is 5.56 Å². The highest BCUT2D eigenvalue weighted by Crippen LogP contribution is 2.18. The third-order valence-corrected chi connectivity index (χ3v) is 4.14. The summed E-state index contributed by atoms with van der Waals surface area (Å²) in [7, 11) is 2.99. The van der Waals surface area contributed by atoms with Gasteiger partial charge < -0.3 is 24.8 Å². The predicted octanol–water partition coefficient (Wildman–Crippen LogP) is -0.190. The summed E-state index contributed by atoms with van der Waals surface area (Å²) in [6.07, 6.45) is 0. The SMILES string of the molecule is COCCOCC(=O)N(CCOC)c1c(N)n(Cc2ccccc2)c(=O)[nH]c1=O. The van der Waals surface area contributed by atoms with Crippen molar-refractivity contribution in [2.45, 2.75) is 6.54 Å². The molecule has 0 atom stereocenters. The van der Waals surface area contributed by atoms with Crippen molar-refractivity contribution in [1.82, 2.24) is 9.55 Å². The number of carbonyl (C=O) groups is 1. The maximum atomic E-state index is 12.7. The number of hydrogen-bond donors (Lipinski definition) is 2. The van der Waals surface area contributed by atoms with E-state index in [4.69, 9.17) is 19.9 Å². The van der Waals surface area contributed by atoms with Crippen LogP contribution in [0.4, 0.5) is 11.5 Å². The third kappa shape index (κ3) is 6.01. The first-order valence-electron chi connectivity index (χ1n) is 9.02. The van der Waals surface area contributed by atoms with Gasteiger partial charge in [-0.1, -0.05) is 30.3 Å². The molecule has 0 aliphatic rings. The van der Waals surface area contributed by atoms with Crippen molar-refractivity contribution < 1.29 is 19.0 Å². The number of amides is 1. The first-order chi connectivity index (χ1) is 14.0. The number of rotatable bonds is 11. The Balaban J connectivity index is 2.38. The Morgan fingerprint density at radius 1 is 1.10 bits per heavy atom. The van der Waals surface area contributed by atoms with Gasteiger partial charge in [0.2, 0.25) is 0 Å². The fourth-order valence-corrected chi connectivity index (χ4v) is 2.68. The van der Waals surface area contributed by atoms with Gasteiger partial charge in [0, 0.05) is 20.8 Å². The molecule has 10 nitrogen and oxygen atoms in total. The van der Waals surface area contributed by atoms with E-state index in [9.17, 15) is 14.4 Å². The second kappa shape index (κ2) is 11.1. The molecule has 0 saturated carbocycles. The molecule has 0 saturated heterocycles. The van der Waals surface area contributed by atoms with Gasteiger partial charge in [-0.3, -0.25) is 19.1 Å². The maximum Gasteiger partial charge on any atom is 0.330 e. The van der Waals surface area contributed by atoms with E-state index < -0.39 is 17.2 Å². The lowest BCUT2D eigenvalue weighted by molar-refractivity contribution is -0.123. The number of anilines is 2. The minimum atomic E-state index is -0.752. The van der Waals surface area contributed by atoms with Gasteiger partial charge in [0.15, 0.2) is 5.69 Å². The van der Waals surface area contributed by atoms with Crippen LogP contribution in [-0.4, -0.2) is 62.7 Å². The lowest BCUT2D eigenvalue weighted by Gasteiger charge is -2.24. The second-order valence-electron chi connectivity index (χ2n) is 6.15. The van der Waals surface area contributed by atoms with Gasteiger partial charge in [0.25, 0.3) is 11.5 Å². The zero-order valence-corrected chi connectivity index (χ0v) is 16.6. The molecule has 10 heteroatoms. The molecule has 29 heavy (non-hydrogen) atoms. The van der Waals surface area contributed by atoms with Gasteiger partial charge in [0.05, 0.1) is 26.4 Å². The molecule has 0 radical (unpaired) electrons. The standard InChI is InChI=1S/C19H26N4O6/c1-27-9-8-22(15(24)13-29-11-10-28-2)16-17(20)23(19(26)21-18(16)25)12-14-6-4-3-5-7-14/h3-7H,8-13,20H2,1-2H3,(H,21,25,26). The summed E-state index contributed by atoms with van der Waals surface area (Å²) in [6.45, 7) is 0.658. The minimum Gasteiger partial charge on any atom is -0.383 e. The fourth-order valence-electron chi connectivity index (χ4n) is 2.68. The lowest BCUT2D eigenvalue weighted by Crippen LogP contribution is -2.44. The van der Waals surface area contributed by atoms with Crippen LogP contribution in [0, 0.1) is 0 Å². The van der Waals surface area contributed by atoms with E-state index in [-0.39, 0.29) is 44.4 Å². The highest BCUT2D eigenvalue weighted by atomic mass is 16.5. The first-order valence-corrected chi connectivity index (χ1v) is 9.02. The van der Waals surface area contributed by atoms with Crippen LogP contribution in [0.2, 0.25) is 0 Å². The number of nitrogens with zero attached hydrogens (tertiary/aromatic N) is 2. The number of H-pyrrole nitrogens is 1. The maximum absolute atomic E-state index is 12.7. The highest BCUT2D eigenvalue weighted by Gasteiger charge is 2.24. The summed E-state index contributed by atoms with van der Waals surface area (Å²) < 4.78 is 16.4. The molecule has 0 bridgehead atoms. The van der Waals surface area contributed by atoms with E-state index in [1.54, 1.807) is 0 Å². The number of ether oxygens (including phenoxy) is 3. The van der Waals surface area contributed by atoms with E-state index in [1.165, 1.54) is 23.7 Å². The number of nitrogens with two attached hydrogens (primary N) is 1. The number of benzene rings is 1. The van der Waals surface area contributed by atoms with Gasteiger partial charge in [-0.15, -0.1) is 0 Å². The first kappa shape index (κ1) is 22.3. The fraction of sp³-hybridized carbons (Fsp3) is 0.421. The molecule has 0 aliphatic heterocycles. The smallest absolute Gasteiger partial charge is 0.330 e. The van der Waals surface area contributed by atoms with Crippen molar-refractivity contribution in [3.63, 3.8) is 0 Å². The zero-order valence-electron chi connectivity index (χ0n) is 16.6. The molecule has 0 spiro atoms. The molecule has 3 N–H and O–H groups in total. The van der Waals surface area contributed by atoms with Gasteiger partial charge in [-0.2, -0.15) is 0 Å². The van der Waals surface area contributed by atoms with Crippen LogP contribution >= 0.6 is 0 Å². The van der Waals surface area contributed by atoms with E-state index >= 15 is 0 Å². The largest absolute Gasteiger partial charge is 0.383 e. The molecule has 158 valence electrons. The van der Waals surface area contributed by atoms with Crippen molar-refractivity contribution in [2.75, 3.05) is 57.8 Å². The number of methoxy groups -OCH3 is 2. The monoisotopic (exact) mass is 406 g/mol. The van der Waals surface area contributed by atoms with E-state index in [1.807, 2.05) is 30.3 Å². The minimum absolute atomic E-state index is 0.0692. The van der Waals surface area contributed by atoms with Crippen LogP contribution in [0.25, 0.3) is 0 Å². The Kier molecular flexibility index (Phi) is 8.59. The van der Waals surface area contributed by atoms with Crippen molar-refractivity contribution in [2.24, 2.45) is 0 Å². The lowest BCUT2D eigenvalue weighted by atomic mass is 10.2. The second-order valence-corrected chi connectivity index (χ2v) is 6.15. The average molecular weight is 406 g/mol. The number of aromatic amines is 1. The van der Waals surface area contributed by atoms with E-state index in [2.05, 4.69) is 4.98 Å². The summed E-state index contributed by atoms with van der Waals surface area (Å²) in [5.41, 5.74) is 5.46. The molecule has 2 aromatic rings. The summed E-state index contributed by atoms with van der Waals surface area (Å²) in [5.74, 6) is -0.593. The molecule has 1 heterocycles. The Bertz CT molecular complexity index is 909. The summed E-state index contributed by atoms with van der Waals surface area (Å²) in [4.78, 5) is 40.9. The van der Waals surface area contributed by atoms with Crippen molar-refractivity contribution in [3.8, 4) is 0 Å². The van der Waals surface area contributed by atoms with Crippen LogP contribution in [0.1, 0.15) is 5.56 Å². The molecule has 0 fully saturated rings. The van der Waals surface area contributed by atoms with Crippen molar-refractivity contribution in [1.29, 1.82) is 0 Å². The molecule has 0 aliphatic carbocycles. The summed E-state index contributed by atoms with van der Waals surface area (Å²) in [5, 5.41) is 0. The molecule has 1 aromatic heterocycles. The Morgan fingerprint density at radius 2 is 1.79 bits per heavy atom. The van der Waals surface area contributed by atoms with Crippen molar-refractivity contribution in [3.05, 3.63) is 56.7 Å². The average Bonchev–Trinajstić information content (AvgIpc) is 2.71. The van der Waals surface area contributed by atoms with Crippen LogP contribution < -0.4 is 21.9 Å². The van der Waals surface area contributed by atoms with E-state index in [0.29, 0.717) is 6.61 Å². The van der Waals surface area contributed by atoms with Crippen LogP contribution in [0.15, 0.2) is 39.9 Å². The number of carbonyl (C=O) groups excluding carboxylic acids is 1. The van der Waals surface area contributed by atoms with Crippen LogP contribution in [-0.2, 0) is 25.5 Å². The normalized spacial score (nSPS) is 10.8. The molecule has 1 aromatic carbocycles. The third-order valence-electron chi connectivity index (χ3n) is 4.14. The Morgan fingerprint density at radius 3 is 2.45 bits per heavy atom. The number of nitrogens with one attached hydrogen (secondary N) is 1. The van der Waals surface area contributed by atoms with Gasteiger partial charge >= 0.3 is 5.69 Å². The Labute approximate surface area is 167 Å². The molecule has 0 unspecified atom stereocenters. The molecule has 2 rings (SSSR count). The predicted molar refractivity (Wildman–Crippen MR) is 108 cm³/mol. The number of aromatic nitrogens is 2. The van der Waals surface area contributed by atoms with Crippen LogP contribution in [0.5, 0.6) is 0 Å². The van der Waals surface area contributed by atoms with Gasteiger partial charge in [0.1, 0.15) is 12.4 Å².